The highest BCUT2D eigenvalue weighted by Gasteiger charge is 2.39. The summed E-state index contributed by atoms with van der Waals surface area (Å²) in [6, 6.07) is 12.6. The molecule has 2 aliphatic rings. The van der Waals surface area contributed by atoms with Gasteiger partial charge in [0, 0.05) is 36.3 Å². The van der Waals surface area contributed by atoms with Crippen molar-refractivity contribution in [3.63, 3.8) is 0 Å². The molecule has 0 saturated carbocycles. The minimum absolute atomic E-state index is 0.0504. The van der Waals surface area contributed by atoms with E-state index >= 15 is 0 Å². The van der Waals surface area contributed by atoms with Gasteiger partial charge in [0.15, 0.2) is 10.8 Å². The van der Waals surface area contributed by atoms with Crippen LogP contribution in [-0.4, -0.2) is 42.2 Å². The Labute approximate surface area is 215 Å². The number of nitrogens with zero attached hydrogens (tertiary/aromatic N) is 3. The van der Waals surface area contributed by atoms with Crippen molar-refractivity contribution in [2.24, 2.45) is 5.92 Å². The third-order valence-electron chi connectivity index (χ3n) is 6.78. The summed E-state index contributed by atoms with van der Waals surface area (Å²) in [5.41, 5.74) is 1.52. The molecule has 0 spiro atoms. The van der Waals surface area contributed by atoms with Crippen LogP contribution in [0.1, 0.15) is 59.9 Å². The van der Waals surface area contributed by atoms with Crippen LogP contribution in [0.4, 0.5) is 5.82 Å². The summed E-state index contributed by atoms with van der Waals surface area (Å²) >= 11 is 0. The van der Waals surface area contributed by atoms with Gasteiger partial charge in [0.2, 0.25) is 5.88 Å². The minimum Gasteiger partial charge on any atom is -0.439 e. The number of hydrogen-bond donors (Lipinski definition) is 1. The maximum absolute atomic E-state index is 13.2. The number of nitrogens with one attached hydrogen (secondary N) is 1. The van der Waals surface area contributed by atoms with E-state index in [0.717, 1.165) is 18.5 Å². The number of carbonyl (C=O) groups is 2. The smallest absolute Gasteiger partial charge is 0.281 e. The highest BCUT2D eigenvalue weighted by atomic mass is 32.2. The monoisotopic (exact) mass is 520 g/mol. The Morgan fingerprint density at radius 3 is 2.70 bits per heavy atom. The number of fused-ring (bicyclic) bond motifs is 1. The number of rotatable bonds is 6. The van der Waals surface area contributed by atoms with Crippen LogP contribution >= 0.6 is 0 Å². The molecule has 1 aliphatic carbocycles. The maximum Gasteiger partial charge on any atom is 0.281 e. The van der Waals surface area contributed by atoms with Gasteiger partial charge >= 0.3 is 0 Å². The molecule has 37 heavy (non-hydrogen) atoms. The van der Waals surface area contributed by atoms with E-state index < -0.39 is 15.9 Å². The van der Waals surface area contributed by atoms with E-state index in [2.05, 4.69) is 40.4 Å². The fraction of sp³-hybridized carbons (Fsp3) is 0.333. The minimum atomic E-state index is -4.30. The Morgan fingerprint density at radius 2 is 1.95 bits per heavy atom. The summed E-state index contributed by atoms with van der Waals surface area (Å²) in [5.74, 6) is 0.675. The fourth-order valence-electron chi connectivity index (χ4n) is 5.20. The summed E-state index contributed by atoms with van der Waals surface area (Å²) in [7, 11) is -4.30. The number of anilines is 1. The predicted molar refractivity (Wildman–Crippen MR) is 137 cm³/mol. The third kappa shape index (κ3) is 4.93. The molecule has 5 rings (SSSR count). The van der Waals surface area contributed by atoms with Gasteiger partial charge in [0.25, 0.3) is 15.9 Å². The van der Waals surface area contributed by atoms with Crippen molar-refractivity contribution >= 4 is 27.5 Å². The van der Waals surface area contributed by atoms with Gasteiger partial charge in [0.05, 0.1) is 5.56 Å². The van der Waals surface area contributed by atoms with Gasteiger partial charge in [-0.05, 0) is 74.6 Å². The fourth-order valence-corrected chi connectivity index (χ4v) is 6.12. The van der Waals surface area contributed by atoms with E-state index in [0.29, 0.717) is 35.9 Å². The summed E-state index contributed by atoms with van der Waals surface area (Å²) in [6.45, 7) is 7.02. The Bertz CT molecular complexity index is 1500. The van der Waals surface area contributed by atoms with Gasteiger partial charge in [-0.25, -0.2) is 9.71 Å². The van der Waals surface area contributed by atoms with Crippen LogP contribution in [0.3, 0.4) is 0 Å². The number of sulfonamides is 1. The highest BCUT2D eigenvalue weighted by Crippen LogP contribution is 2.37. The molecule has 192 valence electrons. The second-order valence-corrected chi connectivity index (χ2v) is 11.8. The van der Waals surface area contributed by atoms with E-state index in [1.54, 1.807) is 36.5 Å². The Balaban J connectivity index is 1.36. The first kappa shape index (κ1) is 24.9. The third-order valence-corrected chi connectivity index (χ3v) is 8.01. The predicted octanol–water partition coefficient (Wildman–Crippen LogP) is 4.14. The molecule has 1 aromatic carbocycles. The van der Waals surface area contributed by atoms with Gasteiger partial charge < -0.3 is 9.64 Å². The molecule has 0 bridgehead atoms. The molecule has 1 saturated heterocycles. The Kier molecular flexibility index (Phi) is 6.23. The number of benzene rings is 1. The summed E-state index contributed by atoms with van der Waals surface area (Å²) in [5, 5.41) is -0.352. The normalized spacial score (nSPS) is 18.5. The Hall–Kier alpha value is -3.79. The second-order valence-electron chi connectivity index (χ2n) is 10.2. The van der Waals surface area contributed by atoms with Gasteiger partial charge in [-0.1, -0.05) is 13.0 Å². The topological polar surface area (TPSA) is 119 Å². The first-order valence-corrected chi connectivity index (χ1v) is 13.6. The summed E-state index contributed by atoms with van der Waals surface area (Å²) < 4.78 is 34.1. The molecule has 1 atom stereocenters. The standard InChI is InChI=1S/C27H28N4O5S/c1-17-15-27(2,3)31(16-17)25-21(6-5-13-28-25)26(33)30-37(34,35)24-8-4-7-23(29-24)36-19-10-11-20-18(14-19)9-12-22(20)32/h4-8,10-11,13-14,17H,9,12,15-16H2,1-3H3,(H,30,33). The largest absolute Gasteiger partial charge is 0.439 e. The number of amides is 1. The van der Waals surface area contributed by atoms with Crippen LogP contribution < -0.4 is 14.4 Å². The first-order valence-electron chi connectivity index (χ1n) is 12.1. The molecule has 1 fully saturated rings. The van der Waals surface area contributed by atoms with E-state index in [4.69, 9.17) is 4.74 Å². The SMILES string of the molecule is CC1CN(c2ncccc2C(=O)NS(=O)(=O)c2cccc(Oc3ccc4c(c3)CCC4=O)n2)C(C)(C)C1. The van der Waals surface area contributed by atoms with Crippen molar-refractivity contribution in [3.8, 4) is 11.6 Å². The number of aromatic nitrogens is 2. The number of Topliss-reactive ketones (excluding diaryl/α,β-unsaturated/α-hetero) is 1. The molecule has 10 heteroatoms. The van der Waals surface area contributed by atoms with E-state index in [9.17, 15) is 18.0 Å². The average molecular weight is 521 g/mol. The molecule has 3 aromatic rings. The number of aryl methyl sites for hydroxylation is 1. The number of pyridine rings is 2. The van der Waals surface area contributed by atoms with Crippen LogP contribution in [-0.2, 0) is 16.4 Å². The van der Waals surface area contributed by atoms with Gasteiger partial charge in [-0.15, -0.1) is 0 Å². The van der Waals surface area contributed by atoms with Crippen LogP contribution in [0.5, 0.6) is 11.6 Å². The molecule has 1 N–H and O–H groups in total. The molecular formula is C27H28N4O5S. The molecule has 2 aromatic heterocycles. The van der Waals surface area contributed by atoms with Crippen molar-refractivity contribution in [2.75, 3.05) is 11.4 Å². The molecule has 0 radical (unpaired) electrons. The number of carbonyl (C=O) groups excluding carboxylic acids is 2. The van der Waals surface area contributed by atoms with Gasteiger partial charge in [-0.2, -0.15) is 13.4 Å². The summed E-state index contributed by atoms with van der Waals surface area (Å²) in [4.78, 5) is 35.6. The molecule has 3 heterocycles. The van der Waals surface area contributed by atoms with Crippen LogP contribution in [0.15, 0.2) is 59.8 Å². The zero-order chi connectivity index (χ0) is 26.4. The Morgan fingerprint density at radius 1 is 1.14 bits per heavy atom. The first-order chi connectivity index (χ1) is 17.5. The zero-order valence-electron chi connectivity index (χ0n) is 20.9. The van der Waals surface area contributed by atoms with Crippen molar-refractivity contribution in [1.29, 1.82) is 0 Å². The molecule has 9 nitrogen and oxygen atoms in total. The molecule has 1 aliphatic heterocycles. The lowest BCUT2D eigenvalue weighted by atomic mass is 9.97. The molecule has 1 unspecified atom stereocenters. The van der Waals surface area contributed by atoms with Gasteiger partial charge in [0.1, 0.15) is 11.6 Å². The van der Waals surface area contributed by atoms with Crippen molar-refractivity contribution in [3.05, 3.63) is 71.4 Å². The molecular weight excluding hydrogens is 492 g/mol. The number of hydrogen-bond acceptors (Lipinski definition) is 8. The van der Waals surface area contributed by atoms with Crippen molar-refractivity contribution in [2.45, 2.75) is 50.6 Å². The molecule has 1 amide bonds. The van der Waals surface area contributed by atoms with Crippen molar-refractivity contribution in [1.82, 2.24) is 14.7 Å². The second kappa shape index (κ2) is 9.26. The van der Waals surface area contributed by atoms with Gasteiger partial charge in [-0.3, -0.25) is 9.59 Å². The van der Waals surface area contributed by atoms with Crippen LogP contribution in [0.2, 0.25) is 0 Å². The van der Waals surface area contributed by atoms with E-state index in [1.807, 2.05) is 0 Å². The number of ether oxygens (including phenoxy) is 1. The lowest BCUT2D eigenvalue weighted by molar-refractivity contribution is 0.0977. The summed E-state index contributed by atoms with van der Waals surface area (Å²) in [6.07, 6.45) is 3.64. The van der Waals surface area contributed by atoms with E-state index in [-0.39, 0.29) is 27.8 Å². The lowest BCUT2D eigenvalue weighted by Gasteiger charge is -2.33. The average Bonchev–Trinajstić information content (AvgIpc) is 3.35. The van der Waals surface area contributed by atoms with E-state index in [1.165, 1.54) is 18.2 Å². The quantitative estimate of drug-likeness (QED) is 0.515. The zero-order valence-corrected chi connectivity index (χ0v) is 21.7. The number of ketones is 1. The highest BCUT2D eigenvalue weighted by molar-refractivity contribution is 7.90. The maximum atomic E-state index is 13.2. The van der Waals surface area contributed by atoms with Crippen molar-refractivity contribution < 1.29 is 22.7 Å². The lowest BCUT2D eigenvalue weighted by Crippen LogP contribution is -2.41. The van der Waals surface area contributed by atoms with Crippen LogP contribution in [0, 0.1) is 5.92 Å². The van der Waals surface area contributed by atoms with Crippen LogP contribution in [0.25, 0.3) is 0 Å².